The molecule has 1 aromatic carbocycles. The zero-order valence-electron chi connectivity index (χ0n) is 16.3. The smallest absolute Gasteiger partial charge is 0.242 e. The summed E-state index contributed by atoms with van der Waals surface area (Å²) in [5, 5.41) is 8.55. The molecule has 4 aliphatic rings. The second-order valence-electron chi connectivity index (χ2n) is 9.06. The van der Waals surface area contributed by atoms with E-state index in [-0.39, 0.29) is 11.1 Å². The van der Waals surface area contributed by atoms with Crippen molar-refractivity contribution in [2.24, 2.45) is 0 Å². The fraction of sp³-hybridized carbons (Fsp3) is 0.500. The number of aryl methyl sites for hydroxylation is 2. The van der Waals surface area contributed by atoms with E-state index >= 15 is 0 Å². The molecule has 0 saturated heterocycles. The number of imidazole rings is 1. The Bertz CT molecular complexity index is 997. The van der Waals surface area contributed by atoms with Gasteiger partial charge in [0.1, 0.15) is 5.82 Å². The van der Waals surface area contributed by atoms with Crippen molar-refractivity contribution in [1.29, 1.82) is 0 Å². The molecule has 144 valence electrons. The topological polar surface area (TPSA) is 60.6 Å². The molecule has 2 aromatic heterocycles. The number of hydrogen-bond donors (Lipinski definition) is 1. The van der Waals surface area contributed by atoms with Crippen LogP contribution in [0.4, 0.5) is 5.95 Å². The van der Waals surface area contributed by atoms with Crippen molar-refractivity contribution in [3.8, 4) is 0 Å². The third-order valence-corrected chi connectivity index (χ3v) is 6.97. The molecule has 1 unspecified atom stereocenters. The van der Waals surface area contributed by atoms with Crippen LogP contribution in [0, 0.1) is 6.92 Å². The van der Waals surface area contributed by atoms with E-state index in [0.29, 0.717) is 5.92 Å². The number of anilines is 1. The lowest BCUT2D eigenvalue weighted by Crippen LogP contribution is -2.75. The number of benzene rings is 1. The molecule has 6 heteroatoms. The first-order valence-corrected chi connectivity index (χ1v) is 10.4. The monoisotopic (exact) mass is 374 g/mol. The highest BCUT2D eigenvalue weighted by Gasteiger charge is 2.69. The predicted molar refractivity (Wildman–Crippen MR) is 107 cm³/mol. The van der Waals surface area contributed by atoms with Crippen LogP contribution in [0.25, 0.3) is 0 Å². The largest absolute Gasteiger partial charge is 0.347 e. The van der Waals surface area contributed by atoms with Crippen LogP contribution in [0.2, 0.25) is 0 Å². The minimum Gasteiger partial charge on any atom is -0.347 e. The van der Waals surface area contributed by atoms with Gasteiger partial charge in [-0.25, -0.2) is 9.67 Å². The predicted octanol–water partition coefficient (Wildman–Crippen LogP) is 3.84. The summed E-state index contributed by atoms with van der Waals surface area (Å²) in [5.41, 5.74) is 2.90. The van der Waals surface area contributed by atoms with Crippen LogP contribution in [-0.4, -0.2) is 29.9 Å². The first kappa shape index (κ1) is 16.3. The van der Waals surface area contributed by atoms with Crippen molar-refractivity contribution in [2.45, 2.75) is 69.0 Å². The minimum atomic E-state index is 0.175. The average molecular weight is 374 g/mol. The van der Waals surface area contributed by atoms with E-state index in [1.165, 1.54) is 18.4 Å². The van der Waals surface area contributed by atoms with Gasteiger partial charge in [-0.05, 0) is 44.6 Å². The normalized spacial score (nSPS) is 30.7. The summed E-state index contributed by atoms with van der Waals surface area (Å²) in [6, 6.07) is 10.8. The third kappa shape index (κ3) is 2.36. The Morgan fingerprint density at radius 3 is 2.68 bits per heavy atom. The Labute approximate surface area is 165 Å². The molecule has 3 heterocycles. The van der Waals surface area contributed by atoms with Crippen LogP contribution in [0.1, 0.15) is 61.5 Å². The van der Waals surface area contributed by atoms with Crippen LogP contribution >= 0.6 is 0 Å². The molecule has 3 saturated carbocycles. The summed E-state index contributed by atoms with van der Waals surface area (Å²) in [6.07, 6.45) is 11.1. The van der Waals surface area contributed by atoms with Gasteiger partial charge in [0.2, 0.25) is 5.95 Å². The molecule has 1 atom stereocenters. The molecule has 7 rings (SSSR count). The number of nitrogens with zero attached hydrogens (tertiary/aromatic N) is 5. The van der Waals surface area contributed by atoms with Gasteiger partial charge in [0.05, 0.1) is 17.6 Å². The van der Waals surface area contributed by atoms with Crippen molar-refractivity contribution in [1.82, 2.24) is 24.3 Å². The standard InChI is InChI=1S/C22H26N6/c1-16-11-27(15-23-16)22-12-21(13-22,14-22)25-20-24-19-18(17-7-3-2-4-8-17)9-5-6-10-28(19)26-20/h2-4,7-8,11,15,18H,5-6,9-10,12-14H2,1H3,(H,25,26). The maximum Gasteiger partial charge on any atom is 0.242 e. The average Bonchev–Trinajstić information content (AvgIpc) is 3.19. The van der Waals surface area contributed by atoms with Crippen LogP contribution in [0.15, 0.2) is 42.9 Å². The SMILES string of the molecule is Cc1cn(C23CC(Nc4nc5n(n4)CCCCC5c4ccccc4)(C2)C3)cn1. The summed E-state index contributed by atoms with van der Waals surface area (Å²) >= 11 is 0. The van der Waals surface area contributed by atoms with Gasteiger partial charge in [-0.15, -0.1) is 5.10 Å². The summed E-state index contributed by atoms with van der Waals surface area (Å²) in [4.78, 5) is 9.38. The van der Waals surface area contributed by atoms with Gasteiger partial charge >= 0.3 is 0 Å². The Balaban J connectivity index is 1.22. The molecule has 3 fully saturated rings. The lowest BCUT2D eigenvalue weighted by Gasteiger charge is -2.70. The van der Waals surface area contributed by atoms with Crippen molar-refractivity contribution in [2.75, 3.05) is 5.32 Å². The second kappa shape index (κ2) is 5.69. The quantitative estimate of drug-likeness (QED) is 0.754. The molecule has 1 N–H and O–H groups in total. The van der Waals surface area contributed by atoms with E-state index in [4.69, 9.17) is 10.1 Å². The Morgan fingerprint density at radius 2 is 1.93 bits per heavy atom. The van der Waals surface area contributed by atoms with E-state index in [0.717, 1.165) is 49.7 Å². The highest BCUT2D eigenvalue weighted by Crippen LogP contribution is 2.66. The highest BCUT2D eigenvalue weighted by atomic mass is 15.4. The van der Waals surface area contributed by atoms with Crippen LogP contribution < -0.4 is 5.32 Å². The number of rotatable bonds is 4. The summed E-state index contributed by atoms with van der Waals surface area (Å²) in [6.45, 7) is 3.03. The van der Waals surface area contributed by atoms with Gasteiger partial charge in [-0.2, -0.15) is 4.98 Å². The number of aromatic nitrogens is 5. The lowest BCUT2D eigenvalue weighted by atomic mass is 9.44. The first-order valence-electron chi connectivity index (χ1n) is 10.4. The van der Waals surface area contributed by atoms with Crippen molar-refractivity contribution in [3.05, 3.63) is 59.9 Å². The van der Waals surface area contributed by atoms with Crippen molar-refractivity contribution < 1.29 is 0 Å². The van der Waals surface area contributed by atoms with Gasteiger partial charge < -0.3 is 9.88 Å². The molecule has 3 aliphatic carbocycles. The maximum absolute atomic E-state index is 4.98. The van der Waals surface area contributed by atoms with E-state index < -0.39 is 0 Å². The number of hydrogen-bond acceptors (Lipinski definition) is 4. The summed E-state index contributed by atoms with van der Waals surface area (Å²) in [5.74, 6) is 2.28. The van der Waals surface area contributed by atoms with E-state index in [1.54, 1.807) is 0 Å². The van der Waals surface area contributed by atoms with Gasteiger partial charge in [0, 0.05) is 24.2 Å². The molecule has 0 radical (unpaired) electrons. The Kier molecular flexibility index (Phi) is 3.32. The first-order chi connectivity index (χ1) is 13.6. The summed E-state index contributed by atoms with van der Waals surface area (Å²) in [7, 11) is 0. The molecular weight excluding hydrogens is 348 g/mol. The van der Waals surface area contributed by atoms with Crippen LogP contribution in [0.5, 0.6) is 0 Å². The third-order valence-electron chi connectivity index (χ3n) is 6.97. The second-order valence-corrected chi connectivity index (χ2v) is 9.06. The fourth-order valence-electron chi connectivity index (χ4n) is 5.63. The molecular formula is C22H26N6. The number of nitrogens with one attached hydrogen (secondary N) is 1. The maximum atomic E-state index is 4.98. The van der Waals surface area contributed by atoms with Gasteiger partial charge in [-0.3, -0.25) is 0 Å². The molecule has 0 amide bonds. The van der Waals surface area contributed by atoms with Crippen LogP contribution in [0.3, 0.4) is 0 Å². The molecule has 0 spiro atoms. The van der Waals surface area contributed by atoms with Gasteiger partial charge in [0.25, 0.3) is 0 Å². The van der Waals surface area contributed by atoms with Gasteiger partial charge in [0.15, 0.2) is 0 Å². The molecule has 28 heavy (non-hydrogen) atoms. The molecule has 3 aromatic rings. The van der Waals surface area contributed by atoms with E-state index in [1.807, 2.05) is 6.33 Å². The Hall–Kier alpha value is -2.63. The Morgan fingerprint density at radius 1 is 1.11 bits per heavy atom. The zero-order chi connectivity index (χ0) is 18.8. The number of fused-ring (bicyclic) bond motifs is 1. The summed E-state index contributed by atoms with van der Waals surface area (Å²) < 4.78 is 4.46. The van der Waals surface area contributed by atoms with E-state index in [2.05, 4.69) is 63.0 Å². The highest BCUT2D eigenvalue weighted by molar-refractivity contribution is 5.42. The van der Waals surface area contributed by atoms with Gasteiger partial charge in [-0.1, -0.05) is 36.8 Å². The molecule has 2 bridgehead atoms. The lowest BCUT2D eigenvalue weighted by molar-refractivity contribution is -0.100. The fourth-order valence-corrected chi connectivity index (χ4v) is 5.63. The molecule has 6 nitrogen and oxygen atoms in total. The van der Waals surface area contributed by atoms with Crippen LogP contribution in [-0.2, 0) is 12.1 Å². The minimum absolute atomic E-state index is 0.175. The molecule has 1 aliphatic heterocycles. The van der Waals surface area contributed by atoms with Crippen molar-refractivity contribution >= 4 is 5.95 Å². The van der Waals surface area contributed by atoms with Crippen molar-refractivity contribution in [3.63, 3.8) is 0 Å². The van der Waals surface area contributed by atoms with E-state index in [9.17, 15) is 0 Å². The zero-order valence-corrected chi connectivity index (χ0v) is 16.3.